The number of carbonyl (C=O) groups is 2. The number of anilines is 3. The van der Waals surface area contributed by atoms with Crippen molar-refractivity contribution in [3.05, 3.63) is 234 Å². The minimum Gasteiger partial charge on any atom is -0.497 e. The van der Waals surface area contributed by atoms with Crippen LogP contribution in [0.4, 0.5) is 48.2 Å². The molecule has 0 saturated carbocycles. The van der Waals surface area contributed by atoms with Gasteiger partial charge in [0.1, 0.15) is 23.0 Å². The first kappa shape index (κ1) is 49.7. The topological polar surface area (TPSA) is 74.3 Å². The summed E-state index contributed by atoms with van der Waals surface area (Å²) in [5.41, 5.74) is -0.903. The number of halogens is 6. The van der Waals surface area contributed by atoms with Crippen molar-refractivity contribution in [1.29, 1.82) is 0 Å². The van der Waals surface area contributed by atoms with Crippen LogP contribution in [0.5, 0.6) is 23.0 Å². The molecule has 376 valence electrons. The largest absolute Gasteiger partial charge is 0.519 e. The summed E-state index contributed by atoms with van der Waals surface area (Å²) in [6.45, 7) is 5.18. The number of ether oxygens (including phenoxy) is 4. The van der Waals surface area contributed by atoms with E-state index >= 15 is 0 Å². The maximum Gasteiger partial charge on any atom is 0.519 e. The Bertz CT molecular complexity index is 3660. The quantitative estimate of drug-likeness (QED) is 0.0301. The molecular weight excluding hydrogens is 969 g/mol. The molecule has 1 unspecified atom stereocenters. The Morgan fingerprint density at radius 1 is 0.440 bits per heavy atom. The number of alkyl halides is 6. The zero-order valence-corrected chi connectivity index (χ0v) is 40.7. The first-order chi connectivity index (χ1) is 35.9. The summed E-state index contributed by atoms with van der Waals surface area (Å²) in [7, 11) is 1.59. The fourth-order valence-corrected chi connectivity index (χ4v) is 10.2. The van der Waals surface area contributed by atoms with Crippen LogP contribution < -0.4 is 23.8 Å². The molecule has 0 radical (unpaired) electrons. The third-order valence-electron chi connectivity index (χ3n) is 13.9. The SMILES string of the molecule is COc1ccc(C(C)(c2ccc(OC(=O)Oc3ccc(C(c4ccc(OC(C)=O)cc4)(C(F)(F)F)C(F)(F)F)cc3)cc2)c2ccc(N(c3ccc(C)cc3)c3ccc4ccc5cccc6ccc3c4c56)cc2)cc1. The van der Waals surface area contributed by atoms with Crippen molar-refractivity contribution in [2.45, 2.75) is 44.0 Å². The Hall–Kier alpha value is -8.84. The van der Waals surface area contributed by atoms with Crippen LogP contribution in [-0.2, 0) is 15.6 Å². The molecule has 0 aliphatic carbocycles. The van der Waals surface area contributed by atoms with Gasteiger partial charge >= 0.3 is 24.5 Å². The van der Waals surface area contributed by atoms with Crippen LogP contribution in [0.3, 0.4) is 0 Å². The first-order valence-corrected chi connectivity index (χ1v) is 23.7. The molecule has 10 aromatic carbocycles. The number of nitrogens with zero attached hydrogens (tertiary/aromatic N) is 1. The lowest BCUT2D eigenvalue weighted by atomic mass is 9.71. The Labute approximate surface area is 427 Å². The average molecular weight is 1010 g/mol. The summed E-state index contributed by atoms with van der Waals surface area (Å²) in [5.74, 6) is -0.699. The van der Waals surface area contributed by atoms with Crippen LogP contribution in [0.15, 0.2) is 200 Å². The number of hydrogen-bond donors (Lipinski definition) is 0. The fourth-order valence-electron chi connectivity index (χ4n) is 10.2. The predicted molar refractivity (Wildman–Crippen MR) is 278 cm³/mol. The van der Waals surface area contributed by atoms with Gasteiger partial charge in [0.05, 0.1) is 12.8 Å². The number of carbonyl (C=O) groups excluding carboxylic acids is 2. The monoisotopic (exact) mass is 1010 g/mol. The van der Waals surface area contributed by atoms with E-state index in [1.54, 1.807) is 31.4 Å². The van der Waals surface area contributed by atoms with Gasteiger partial charge in [0.2, 0.25) is 5.41 Å². The second-order valence-electron chi connectivity index (χ2n) is 18.4. The molecule has 0 spiro atoms. The van der Waals surface area contributed by atoms with Gasteiger partial charge in [-0.1, -0.05) is 127 Å². The highest BCUT2D eigenvalue weighted by Gasteiger charge is 2.72. The van der Waals surface area contributed by atoms with Gasteiger partial charge in [-0.15, -0.1) is 0 Å². The van der Waals surface area contributed by atoms with Crippen molar-refractivity contribution < 1.29 is 54.9 Å². The molecule has 75 heavy (non-hydrogen) atoms. The van der Waals surface area contributed by atoms with Crippen LogP contribution in [0.1, 0.15) is 47.2 Å². The van der Waals surface area contributed by atoms with Crippen molar-refractivity contribution >= 4 is 61.5 Å². The van der Waals surface area contributed by atoms with Crippen LogP contribution in [-0.4, -0.2) is 31.6 Å². The van der Waals surface area contributed by atoms with E-state index < -0.39 is 46.4 Å². The zero-order chi connectivity index (χ0) is 52.9. The van der Waals surface area contributed by atoms with E-state index in [0.29, 0.717) is 30.0 Å². The van der Waals surface area contributed by atoms with Gasteiger partial charge in [-0.3, -0.25) is 4.79 Å². The van der Waals surface area contributed by atoms with Gasteiger partial charge in [-0.2, -0.15) is 26.3 Å². The number of rotatable bonds is 12. The third-order valence-corrected chi connectivity index (χ3v) is 13.9. The van der Waals surface area contributed by atoms with Gasteiger partial charge < -0.3 is 23.8 Å². The summed E-state index contributed by atoms with van der Waals surface area (Å²) in [4.78, 5) is 26.7. The molecule has 13 heteroatoms. The number of esters is 1. The molecule has 7 nitrogen and oxygen atoms in total. The van der Waals surface area contributed by atoms with E-state index in [2.05, 4.69) is 122 Å². The maximum absolute atomic E-state index is 14.8. The average Bonchev–Trinajstić information content (AvgIpc) is 3.39. The van der Waals surface area contributed by atoms with Gasteiger partial charge in [-0.25, -0.2) is 4.79 Å². The highest BCUT2D eigenvalue weighted by molar-refractivity contribution is 6.25. The molecule has 0 heterocycles. The minimum absolute atomic E-state index is 0.0557. The molecule has 0 aliphatic rings. The second-order valence-corrected chi connectivity index (χ2v) is 18.4. The lowest BCUT2D eigenvalue weighted by molar-refractivity contribution is -0.288. The van der Waals surface area contributed by atoms with E-state index in [0.717, 1.165) is 81.3 Å². The molecule has 0 N–H and O–H groups in total. The molecule has 10 rings (SSSR count). The molecule has 0 aromatic heterocycles. The Kier molecular flexibility index (Phi) is 12.7. The van der Waals surface area contributed by atoms with Crippen LogP contribution >= 0.6 is 0 Å². The molecular formula is C62H45F6NO6. The van der Waals surface area contributed by atoms with Crippen LogP contribution in [0.2, 0.25) is 0 Å². The van der Waals surface area contributed by atoms with Gasteiger partial charge in [0, 0.05) is 29.1 Å². The van der Waals surface area contributed by atoms with E-state index in [9.17, 15) is 35.9 Å². The van der Waals surface area contributed by atoms with Crippen molar-refractivity contribution in [2.24, 2.45) is 0 Å². The third kappa shape index (κ3) is 8.98. The highest BCUT2D eigenvalue weighted by atomic mass is 19.4. The number of hydrogen-bond acceptors (Lipinski definition) is 7. The maximum atomic E-state index is 14.8. The lowest BCUT2D eigenvalue weighted by Gasteiger charge is -2.38. The number of aryl methyl sites for hydroxylation is 1. The normalized spacial score (nSPS) is 12.9. The molecule has 0 aliphatic heterocycles. The Morgan fingerprint density at radius 3 is 1.28 bits per heavy atom. The van der Waals surface area contributed by atoms with Gasteiger partial charge in [-0.05, 0) is 147 Å². The summed E-state index contributed by atoms with van der Waals surface area (Å²) in [6.07, 6.45) is -13.1. The second kappa shape index (κ2) is 19.2. The summed E-state index contributed by atoms with van der Waals surface area (Å²) in [6, 6.07) is 56.4. The summed E-state index contributed by atoms with van der Waals surface area (Å²) >= 11 is 0. The molecule has 10 aromatic rings. The predicted octanol–water partition coefficient (Wildman–Crippen LogP) is 16.6. The van der Waals surface area contributed by atoms with Crippen molar-refractivity contribution in [3.8, 4) is 23.0 Å². The molecule has 1 atom stereocenters. The van der Waals surface area contributed by atoms with Crippen LogP contribution in [0.25, 0.3) is 32.3 Å². The van der Waals surface area contributed by atoms with Gasteiger partial charge in [0.15, 0.2) is 0 Å². The van der Waals surface area contributed by atoms with Crippen molar-refractivity contribution in [1.82, 2.24) is 0 Å². The molecule has 0 amide bonds. The molecule has 0 bridgehead atoms. The molecule has 0 fully saturated rings. The van der Waals surface area contributed by atoms with Gasteiger partial charge in [0.25, 0.3) is 0 Å². The van der Waals surface area contributed by atoms with E-state index in [4.69, 9.17) is 18.9 Å². The van der Waals surface area contributed by atoms with E-state index in [1.165, 1.54) is 21.5 Å². The van der Waals surface area contributed by atoms with E-state index in [1.807, 2.05) is 24.3 Å². The van der Waals surface area contributed by atoms with E-state index in [-0.39, 0.29) is 17.2 Å². The lowest BCUT2D eigenvalue weighted by Crippen LogP contribution is -2.54. The Morgan fingerprint density at radius 2 is 0.827 bits per heavy atom. The standard InChI is InChI=1S/C62H45F6NO6/c1-38-8-24-48(25-9-38)69(55-37-13-42-11-10-40-6-5-7-41-12-36-54(55)57(42)56(40)41)49-26-14-43(15-27-49)59(3,44-16-28-50(72-4)29-17-44)45-18-30-52(31-19-45)74-58(71)75-53-34-22-47(23-35-53)60(61(63,64)65,62(66,67)68)46-20-32-51(33-21-46)73-39(2)70/h5-37H,1-4H3. The summed E-state index contributed by atoms with van der Waals surface area (Å²) < 4.78 is 110. The minimum atomic E-state index is -5.88. The number of methoxy groups -OCH3 is 1. The van der Waals surface area contributed by atoms with Crippen molar-refractivity contribution in [2.75, 3.05) is 12.0 Å². The Balaban J connectivity index is 0.941. The van der Waals surface area contributed by atoms with Crippen LogP contribution in [0, 0.1) is 6.92 Å². The first-order valence-electron chi connectivity index (χ1n) is 23.7. The highest BCUT2D eigenvalue weighted by Crippen LogP contribution is 2.56. The zero-order valence-electron chi connectivity index (χ0n) is 40.7. The molecule has 0 saturated heterocycles. The summed E-state index contributed by atoms with van der Waals surface area (Å²) in [5, 5.41) is 7.04. The smallest absolute Gasteiger partial charge is 0.497 e. The number of benzene rings is 10. The fraction of sp³-hybridized carbons (Fsp3) is 0.129. The van der Waals surface area contributed by atoms with Crippen molar-refractivity contribution in [3.63, 3.8) is 0 Å².